The largest absolute Gasteiger partial charge is 0.329 e. The van der Waals surface area contributed by atoms with E-state index in [9.17, 15) is 9.59 Å². The second kappa shape index (κ2) is 5.31. The molecule has 0 spiro atoms. The number of H-pyrrole nitrogens is 1. The van der Waals surface area contributed by atoms with Crippen molar-refractivity contribution in [1.29, 1.82) is 0 Å². The van der Waals surface area contributed by atoms with Crippen molar-refractivity contribution in [2.24, 2.45) is 7.05 Å². The highest BCUT2D eigenvalue weighted by Crippen LogP contribution is 2.23. The SMILES string of the molecule is Cc1c(Cl)c(C(=O)Nc2cccc3c(=O)[nH]ccc23)nn1C. The van der Waals surface area contributed by atoms with E-state index in [-0.39, 0.29) is 11.3 Å². The Balaban J connectivity index is 2.03. The van der Waals surface area contributed by atoms with Gasteiger partial charge in [-0.1, -0.05) is 17.7 Å². The van der Waals surface area contributed by atoms with Gasteiger partial charge in [0.2, 0.25) is 0 Å². The zero-order valence-electron chi connectivity index (χ0n) is 12.0. The van der Waals surface area contributed by atoms with Crippen LogP contribution in [0.25, 0.3) is 10.8 Å². The Labute approximate surface area is 130 Å². The highest BCUT2D eigenvalue weighted by atomic mass is 35.5. The maximum absolute atomic E-state index is 12.4. The summed E-state index contributed by atoms with van der Waals surface area (Å²) in [5.74, 6) is -0.415. The van der Waals surface area contributed by atoms with E-state index in [1.807, 2.05) is 0 Å². The number of hydrogen-bond donors (Lipinski definition) is 2. The summed E-state index contributed by atoms with van der Waals surface area (Å²) in [6.07, 6.45) is 1.54. The Morgan fingerprint density at radius 2 is 2.09 bits per heavy atom. The fraction of sp³-hybridized carbons (Fsp3) is 0.133. The molecule has 1 amide bonds. The number of carbonyl (C=O) groups excluding carboxylic acids is 1. The molecule has 112 valence electrons. The Bertz CT molecular complexity index is 942. The van der Waals surface area contributed by atoms with Crippen molar-refractivity contribution < 1.29 is 4.79 Å². The van der Waals surface area contributed by atoms with Crippen LogP contribution in [0.1, 0.15) is 16.2 Å². The van der Waals surface area contributed by atoms with Crippen LogP contribution in [0.2, 0.25) is 5.02 Å². The first-order valence-electron chi connectivity index (χ1n) is 6.60. The summed E-state index contributed by atoms with van der Waals surface area (Å²) in [7, 11) is 1.72. The number of hydrogen-bond acceptors (Lipinski definition) is 3. The summed E-state index contributed by atoms with van der Waals surface area (Å²) < 4.78 is 1.55. The summed E-state index contributed by atoms with van der Waals surface area (Å²) in [6, 6.07) is 6.86. The number of aromatic nitrogens is 3. The molecule has 2 aromatic heterocycles. The average Bonchev–Trinajstić information content (AvgIpc) is 2.76. The number of amides is 1. The van der Waals surface area contributed by atoms with Crippen molar-refractivity contribution in [1.82, 2.24) is 14.8 Å². The third kappa shape index (κ3) is 2.27. The molecule has 22 heavy (non-hydrogen) atoms. The van der Waals surface area contributed by atoms with Crippen molar-refractivity contribution in [3.8, 4) is 0 Å². The van der Waals surface area contributed by atoms with E-state index in [0.717, 1.165) is 0 Å². The third-order valence-electron chi connectivity index (χ3n) is 3.54. The van der Waals surface area contributed by atoms with Crippen LogP contribution in [-0.2, 0) is 7.05 Å². The molecule has 2 heterocycles. The normalized spacial score (nSPS) is 10.9. The van der Waals surface area contributed by atoms with E-state index in [1.54, 1.807) is 42.9 Å². The van der Waals surface area contributed by atoms with Crippen LogP contribution in [0.4, 0.5) is 5.69 Å². The van der Waals surface area contributed by atoms with Gasteiger partial charge < -0.3 is 10.3 Å². The fourth-order valence-electron chi connectivity index (χ4n) is 2.24. The van der Waals surface area contributed by atoms with E-state index in [0.29, 0.717) is 27.2 Å². The molecule has 6 nitrogen and oxygen atoms in total. The van der Waals surface area contributed by atoms with Crippen LogP contribution in [0.15, 0.2) is 35.3 Å². The van der Waals surface area contributed by atoms with Crippen molar-refractivity contribution in [3.63, 3.8) is 0 Å². The summed E-state index contributed by atoms with van der Waals surface area (Å²) in [6.45, 7) is 1.78. The second-order valence-corrected chi connectivity index (χ2v) is 5.28. The highest BCUT2D eigenvalue weighted by Gasteiger charge is 2.19. The molecule has 1 aromatic carbocycles. The quantitative estimate of drug-likeness (QED) is 0.762. The predicted molar refractivity (Wildman–Crippen MR) is 85.5 cm³/mol. The van der Waals surface area contributed by atoms with Crippen LogP contribution in [-0.4, -0.2) is 20.7 Å². The Morgan fingerprint density at radius 3 is 2.77 bits per heavy atom. The number of rotatable bonds is 2. The Kier molecular flexibility index (Phi) is 3.46. The summed E-state index contributed by atoms with van der Waals surface area (Å²) in [4.78, 5) is 26.8. The fourth-order valence-corrected chi connectivity index (χ4v) is 2.49. The number of benzene rings is 1. The average molecular weight is 317 g/mol. The summed E-state index contributed by atoms with van der Waals surface area (Å²) in [5.41, 5.74) is 1.19. The van der Waals surface area contributed by atoms with Gasteiger partial charge >= 0.3 is 0 Å². The van der Waals surface area contributed by atoms with Crippen molar-refractivity contribution in [2.45, 2.75) is 6.92 Å². The molecule has 3 rings (SSSR count). The zero-order valence-corrected chi connectivity index (χ0v) is 12.7. The second-order valence-electron chi connectivity index (χ2n) is 4.90. The van der Waals surface area contributed by atoms with Crippen molar-refractivity contribution in [3.05, 3.63) is 57.2 Å². The topological polar surface area (TPSA) is 79.8 Å². The molecule has 7 heteroatoms. The van der Waals surface area contributed by atoms with Crippen LogP contribution in [0.5, 0.6) is 0 Å². The summed E-state index contributed by atoms with van der Waals surface area (Å²) in [5, 5.41) is 8.34. The van der Waals surface area contributed by atoms with Gasteiger partial charge in [-0.3, -0.25) is 14.3 Å². The first-order chi connectivity index (χ1) is 10.5. The molecule has 0 fully saturated rings. The number of halogens is 1. The molecular formula is C15H13ClN4O2. The molecule has 0 aliphatic heterocycles. The minimum absolute atomic E-state index is 0.156. The van der Waals surface area contributed by atoms with Crippen molar-refractivity contribution >= 4 is 34.0 Å². The number of fused-ring (bicyclic) bond motifs is 1. The minimum atomic E-state index is -0.415. The predicted octanol–water partition coefficient (Wildman–Crippen LogP) is 2.48. The van der Waals surface area contributed by atoms with Gasteiger partial charge in [-0.15, -0.1) is 0 Å². The number of aryl methyl sites for hydroxylation is 1. The van der Waals surface area contributed by atoms with Gasteiger partial charge in [0.15, 0.2) is 5.69 Å². The minimum Gasteiger partial charge on any atom is -0.329 e. The Morgan fingerprint density at radius 1 is 1.32 bits per heavy atom. The van der Waals surface area contributed by atoms with Gasteiger partial charge in [-0.2, -0.15) is 5.10 Å². The lowest BCUT2D eigenvalue weighted by molar-refractivity contribution is 0.102. The molecule has 3 aromatic rings. The first-order valence-corrected chi connectivity index (χ1v) is 6.97. The maximum atomic E-state index is 12.4. The van der Waals surface area contributed by atoms with E-state index in [1.165, 1.54) is 6.20 Å². The van der Waals surface area contributed by atoms with Gasteiger partial charge in [-0.05, 0) is 25.1 Å². The van der Waals surface area contributed by atoms with Gasteiger partial charge in [-0.25, -0.2) is 0 Å². The molecule has 0 aliphatic carbocycles. The number of anilines is 1. The van der Waals surface area contributed by atoms with E-state index < -0.39 is 5.91 Å². The van der Waals surface area contributed by atoms with Gasteiger partial charge in [0.05, 0.1) is 10.7 Å². The molecule has 0 saturated heterocycles. The standard InChI is InChI=1S/C15H13ClN4O2/c1-8-12(16)13(19-20(8)2)15(22)18-11-5-3-4-10-9(11)6-7-17-14(10)21/h3-7H,1-2H3,(H,17,21)(H,18,22). The molecule has 0 saturated carbocycles. The van der Waals surface area contributed by atoms with Crippen LogP contribution >= 0.6 is 11.6 Å². The number of aromatic amines is 1. The lowest BCUT2D eigenvalue weighted by Gasteiger charge is -2.07. The van der Waals surface area contributed by atoms with Crippen LogP contribution in [0, 0.1) is 6.92 Å². The number of nitrogens with one attached hydrogen (secondary N) is 2. The zero-order chi connectivity index (χ0) is 15.9. The molecule has 0 atom stereocenters. The monoisotopic (exact) mass is 316 g/mol. The lowest BCUT2D eigenvalue weighted by Crippen LogP contribution is -2.14. The van der Waals surface area contributed by atoms with Gasteiger partial charge in [0.25, 0.3) is 11.5 Å². The van der Waals surface area contributed by atoms with E-state index >= 15 is 0 Å². The summed E-state index contributed by atoms with van der Waals surface area (Å²) >= 11 is 6.12. The lowest BCUT2D eigenvalue weighted by atomic mass is 10.1. The number of carbonyl (C=O) groups is 1. The maximum Gasteiger partial charge on any atom is 0.277 e. The molecule has 2 N–H and O–H groups in total. The van der Waals surface area contributed by atoms with Gasteiger partial charge in [0, 0.05) is 29.7 Å². The third-order valence-corrected chi connectivity index (χ3v) is 3.99. The molecule has 0 radical (unpaired) electrons. The first kappa shape index (κ1) is 14.3. The van der Waals surface area contributed by atoms with E-state index in [2.05, 4.69) is 15.4 Å². The smallest absolute Gasteiger partial charge is 0.277 e. The van der Waals surface area contributed by atoms with Crippen LogP contribution < -0.4 is 10.9 Å². The molecule has 0 bridgehead atoms. The number of pyridine rings is 1. The van der Waals surface area contributed by atoms with Gasteiger partial charge in [0.1, 0.15) is 0 Å². The molecule has 0 unspecified atom stereocenters. The Hall–Kier alpha value is -2.60. The molecule has 0 aliphatic rings. The van der Waals surface area contributed by atoms with Crippen LogP contribution in [0.3, 0.4) is 0 Å². The van der Waals surface area contributed by atoms with E-state index in [4.69, 9.17) is 11.6 Å². The van der Waals surface area contributed by atoms with Crippen molar-refractivity contribution in [2.75, 3.05) is 5.32 Å². The highest BCUT2D eigenvalue weighted by molar-refractivity contribution is 6.34. The molecular weight excluding hydrogens is 304 g/mol. The number of nitrogens with zero attached hydrogens (tertiary/aromatic N) is 2.